The number of ether oxygens (including phenoxy) is 1. The summed E-state index contributed by atoms with van der Waals surface area (Å²) in [5.41, 5.74) is 0.886. The van der Waals surface area contributed by atoms with Crippen molar-refractivity contribution in [3.63, 3.8) is 0 Å². The lowest BCUT2D eigenvalue weighted by Gasteiger charge is -2.13. The Kier molecular flexibility index (Phi) is 6.51. The molecule has 30 heavy (non-hydrogen) atoms. The van der Waals surface area contributed by atoms with Crippen LogP contribution in [0.3, 0.4) is 0 Å². The summed E-state index contributed by atoms with van der Waals surface area (Å²) < 4.78 is 33.3. The molecule has 3 aromatic rings. The Hall–Kier alpha value is -3.61. The van der Waals surface area contributed by atoms with Crippen molar-refractivity contribution in [1.82, 2.24) is 14.7 Å². The van der Waals surface area contributed by atoms with Crippen LogP contribution in [0, 0.1) is 11.3 Å². The Balaban J connectivity index is 1.93. The summed E-state index contributed by atoms with van der Waals surface area (Å²) in [6.45, 7) is -0.0285. The maximum Gasteiger partial charge on any atom is 0.244 e. The maximum atomic E-state index is 12.9. The molecule has 9 heteroatoms. The van der Waals surface area contributed by atoms with Gasteiger partial charge in [0.05, 0.1) is 31.1 Å². The van der Waals surface area contributed by atoms with Crippen LogP contribution in [-0.4, -0.2) is 31.3 Å². The predicted molar refractivity (Wildman–Crippen MR) is 108 cm³/mol. The van der Waals surface area contributed by atoms with Crippen LogP contribution in [0.4, 0.5) is 0 Å². The highest BCUT2D eigenvalue weighted by molar-refractivity contribution is 7.89. The van der Waals surface area contributed by atoms with Crippen molar-refractivity contribution in [2.45, 2.75) is 17.4 Å². The molecule has 3 rings (SSSR count). The monoisotopic (exact) mass is 422 g/mol. The summed E-state index contributed by atoms with van der Waals surface area (Å²) in [6.07, 6.45) is 3.04. The standard InChI is InChI=1S/C21H18N4O4S/c1-29-19-9-8-15(21(26)17(13-22)18-7-3-5-11-24-18)12-20(19)30(27,28)25-14-16-6-2-4-10-23-16/h2-12,17,25H,14H2,1H3/t17-/m0/s1. The zero-order chi connectivity index (χ0) is 21.6. The van der Waals surface area contributed by atoms with Gasteiger partial charge in [-0.05, 0) is 42.5 Å². The van der Waals surface area contributed by atoms with Crippen molar-refractivity contribution >= 4 is 15.8 Å². The van der Waals surface area contributed by atoms with Crippen LogP contribution >= 0.6 is 0 Å². The van der Waals surface area contributed by atoms with Crippen LogP contribution in [0.15, 0.2) is 71.9 Å². The number of pyridine rings is 2. The Morgan fingerprint density at radius 2 is 1.87 bits per heavy atom. The first-order valence-corrected chi connectivity index (χ1v) is 10.4. The van der Waals surface area contributed by atoms with E-state index in [-0.39, 0.29) is 22.8 Å². The molecule has 2 heterocycles. The van der Waals surface area contributed by atoms with Crippen LogP contribution in [0.2, 0.25) is 0 Å². The molecule has 0 spiro atoms. The largest absolute Gasteiger partial charge is 0.495 e. The second-order valence-corrected chi connectivity index (χ2v) is 7.93. The highest BCUT2D eigenvalue weighted by Crippen LogP contribution is 2.27. The van der Waals surface area contributed by atoms with Gasteiger partial charge in [0.25, 0.3) is 0 Å². The minimum absolute atomic E-state index is 0.0285. The molecule has 2 aromatic heterocycles. The van der Waals surface area contributed by atoms with Gasteiger partial charge in [-0.15, -0.1) is 0 Å². The minimum Gasteiger partial charge on any atom is -0.495 e. The van der Waals surface area contributed by atoms with Gasteiger partial charge in [0.15, 0.2) is 11.7 Å². The van der Waals surface area contributed by atoms with E-state index in [9.17, 15) is 18.5 Å². The van der Waals surface area contributed by atoms with Crippen molar-refractivity contribution in [2.24, 2.45) is 0 Å². The molecule has 0 amide bonds. The Labute approximate surface area is 174 Å². The van der Waals surface area contributed by atoms with Gasteiger partial charge in [-0.1, -0.05) is 12.1 Å². The third kappa shape index (κ3) is 4.68. The number of Topliss-reactive ketones (excluding diaryl/α,β-unsaturated/α-hetero) is 1. The molecule has 1 aromatic carbocycles. The summed E-state index contributed by atoms with van der Waals surface area (Å²) in [5.74, 6) is -1.64. The van der Waals surface area contributed by atoms with Gasteiger partial charge in [-0.3, -0.25) is 14.8 Å². The van der Waals surface area contributed by atoms with E-state index >= 15 is 0 Å². The van der Waals surface area contributed by atoms with Gasteiger partial charge in [-0.25, -0.2) is 13.1 Å². The lowest BCUT2D eigenvalue weighted by molar-refractivity contribution is 0.0977. The molecule has 152 valence electrons. The van der Waals surface area contributed by atoms with E-state index in [1.807, 2.05) is 6.07 Å². The molecule has 0 bridgehead atoms. The number of nitrogens with one attached hydrogen (secondary N) is 1. The Bertz CT molecular complexity index is 1180. The summed E-state index contributed by atoms with van der Waals surface area (Å²) in [6, 6.07) is 16.0. The Morgan fingerprint density at radius 1 is 1.13 bits per heavy atom. The van der Waals surface area contributed by atoms with Crippen LogP contribution in [-0.2, 0) is 16.6 Å². The second-order valence-electron chi connectivity index (χ2n) is 6.19. The average Bonchev–Trinajstić information content (AvgIpc) is 2.79. The van der Waals surface area contributed by atoms with Crippen molar-refractivity contribution in [1.29, 1.82) is 5.26 Å². The number of carbonyl (C=O) groups is 1. The molecule has 1 N–H and O–H groups in total. The first-order chi connectivity index (χ1) is 14.5. The van der Waals surface area contributed by atoms with Crippen LogP contribution < -0.4 is 9.46 Å². The molecular formula is C21H18N4O4S. The summed E-state index contributed by atoms with van der Waals surface area (Å²) in [4.78, 5) is 20.8. The first-order valence-electron chi connectivity index (χ1n) is 8.88. The molecule has 0 radical (unpaired) electrons. The van der Waals surface area contributed by atoms with Gasteiger partial charge in [0.2, 0.25) is 10.0 Å². The zero-order valence-corrected chi connectivity index (χ0v) is 16.8. The number of rotatable bonds is 8. The van der Waals surface area contributed by atoms with Gasteiger partial charge >= 0.3 is 0 Å². The molecule has 0 aliphatic heterocycles. The molecular weight excluding hydrogens is 404 g/mol. The highest BCUT2D eigenvalue weighted by atomic mass is 32.2. The molecule has 0 aliphatic carbocycles. The third-order valence-corrected chi connectivity index (χ3v) is 5.70. The smallest absolute Gasteiger partial charge is 0.244 e. The van der Waals surface area contributed by atoms with E-state index in [0.717, 1.165) is 0 Å². The number of nitriles is 1. The molecule has 8 nitrogen and oxygen atoms in total. The van der Waals surface area contributed by atoms with E-state index < -0.39 is 21.7 Å². The quantitative estimate of drug-likeness (QED) is 0.553. The van der Waals surface area contributed by atoms with Crippen molar-refractivity contribution in [3.05, 3.63) is 83.9 Å². The van der Waals surface area contributed by atoms with Crippen LogP contribution in [0.1, 0.15) is 27.7 Å². The average molecular weight is 422 g/mol. The lowest BCUT2D eigenvalue weighted by atomic mass is 9.95. The van der Waals surface area contributed by atoms with Gasteiger partial charge < -0.3 is 4.74 Å². The number of sulfonamides is 1. The molecule has 0 saturated heterocycles. The summed E-state index contributed by atoms with van der Waals surface area (Å²) in [7, 11) is -2.69. The minimum atomic E-state index is -4.02. The fourth-order valence-corrected chi connectivity index (χ4v) is 3.95. The summed E-state index contributed by atoms with van der Waals surface area (Å²) in [5, 5.41) is 9.48. The fraction of sp³-hybridized carbons (Fsp3) is 0.143. The van der Waals surface area contributed by atoms with Gasteiger partial charge in [0.1, 0.15) is 10.6 Å². The summed E-state index contributed by atoms with van der Waals surface area (Å²) >= 11 is 0. The number of hydrogen-bond acceptors (Lipinski definition) is 7. The molecule has 0 saturated carbocycles. The number of aromatic nitrogens is 2. The van der Waals surface area contributed by atoms with E-state index in [1.165, 1.54) is 31.5 Å². The lowest BCUT2D eigenvalue weighted by Crippen LogP contribution is -2.24. The molecule has 0 aliphatic rings. The predicted octanol–water partition coefficient (Wildman–Crippen LogP) is 2.45. The number of carbonyl (C=O) groups excluding carboxylic acids is 1. The highest BCUT2D eigenvalue weighted by Gasteiger charge is 2.26. The van der Waals surface area contributed by atoms with Crippen LogP contribution in [0.5, 0.6) is 5.75 Å². The van der Waals surface area contributed by atoms with E-state index in [0.29, 0.717) is 11.4 Å². The van der Waals surface area contributed by atoms with Gasteiger partial charge in [0, 0.05) is 18.0 Å². The fourth-order valence-electron chi connectivity index (χ4n) is 2.76. The third-order valence-electron chi connectivity index (χ3n) is 4.28. The Morgan fingerprint density at radius 3 is 2.47 bits per heavy atom. The molecule has 0 fully saturated rings. The van der Waals surface area contributed by atoms with Crippen molar-refractivity contribution in [3.8, 4) is 11.8 Å². The number of hydrogen-bond donors (Lipinski definition) is 1. The van der Waals surface area contributed by atoms with Crippen molar-refractivity contribution < 1.29 is 17.9 Å². The van der Waals surface area contributed by atoms with Gasteiger partial charge in [-0.2, -0.15) is 5.26 Å². The van der Waals surface area contributed by atoms with Crippen LogP contribution in [0.25, 0.3) is 0 Å². The van der Waals surface area contributed by atoms with E-state index in [4.69, 9.17) is 4.74 Å². The SMILES string of the molecule is COc1ccc(C(=O)[C@@H](C#N)c2ccccn2)cc1S(=O)(=O)NCc1ccccn1. The topological polar surface area (TPSA) is 122 Å². The van der Waals surface area contributed by atoms with E-state index in [1.54, 1.807) is 42.6 Å². The number of ketones is 1. The maximum absolute atomic E-state index is 12.9. The first kappa shape index (κ1) is 21.1. The normalized spacial score (nSPS) is 12.0. The second kappa shape index (κ2) is 9.26. The van der Waals surface area contributed by atoms with E-state index in [2.05, 4.69) is 14.7 Å². The zero-order valence-electron chi connectivity index (χ0n) is 16.0. The number of methoxy groups -OCH3 is 1. The van der Waals surface area contributed by atoms with Crippen molar-refractivity contribution in [2.75, 3.05) is 7.11 Å². The molecule has 0 unspecified atom stereocenters. The number of benzene rings is 1. The molecule has 1 atom stereocenters. The number of nitrogens with zero attached hydrogens (tertiary/aromatic N) is 3.